The summed E-state index contributed by atoms with van der Waals surface area (Å²) < 4.78 is 0. The van der Waals surface area contributed by atoms with Crippen LogP contribution in [-0.4, -0.2) is 39.6 Å². The van der Waals surface area contributed by atoms with Gasteiger partial charge in [-0.1, -0.05) is 48.5 Å². The van der Waals surface area contributed by atoms with Crippen molar-refractivity contribution < 1.29 is 61.3 Å². The normalized spacial score (nSPS) is 11.2. The molecular formula is C44H26Cl2CoN8O8. The van der Waals surface area contributed by atoms with Gasteiger partial charge in [0.25, 0.3) is 22.7 Å². The number of nitro groups is 4. The Hall–Kier alpha value is -7.83. The van der Waals surface area contributed by atoms with E-state index in [2.05, 4.69) is 9.97 Å². The summed E-state index contributed by atoms with van der Waals surface area (Å²) in [4.78, 5) is 64.7. The fourth-order valence-corrected chi connectivity index (χ4v) is 7.72. The van der Waals surface area contributed by atoms with Gasteiger partial charge in [-0.25, -0.2) is 9.97 Å². The molecule has 0 aliphatic carbocycles. The molecule has 0 unspecified atom stereocenters. The van der Waals surface area contributed by atoms with Crippen LogP contribution >= 0.6 is 0 Å². The van der Waals surface area contributed by atoms with Crippen molar-refractivity contribution in [2.75, 3.05) is 0 Å². The van der Waals surface area contributed by atoms with Gasteiger partial charge in [0, 0.05) is 68.6 Å². The van der Waals surface area contributed by atoms with Crippen LogP contribution in [0, 0.1) is 40.5 Å². The number of aromatic amines is 2. The summed E-state index contributed by atoms with van der Waals surface area (Å²) in [5.74, 6) is 0. The van der Waals surface area contributed by atoms with E-state index in [0.717, 1.165) is 0 Å². The number of hydrogen-bond acceptors (Lipinski definition) is 10. The minimum absolute atomic E-state index is 0. The maximum atomic E-state index is 12.5. The minimum Gasteiger partial charge on any atom is -1.00 e. The second-order valence-corrected chi connectivity index (χ2v) is 13.6. The average molecular weight is 925 g/mol. The van der Waals surface area contributed by atoms with Crippen LogP contribution in [0.3, 0.4) is 0 Å². The summed E-state index contributed by atoms with van der Waals surface area (Å²) in [5, 5.41) is 50.0. The summed E-state index contributed by atoms with van der Waals surface area (Å²) in [6, 6.07) is 31.3. The molecule has 7 aromatic rings. The van der Waals surface area contributed by atoms with Gasteiger partial charge in [0.1, 0.15) is 0 Å². The van der Waals surface area contributed by atoms with Gasteiger partial charge in [-0.3, -0.25) is 40.5 Å². The van der Waals surface area contributed by atoms with Crippen LogP contribution in [0.4, 0.5) is 22.7 Å². The fraction of sp³-hybridized carbons (Fsp3) is 0. The van der Waals surface area contributed by atoms with E-state index in [1.165, 1.54) is 24.3 Å². The van der Waals surface area contributed by atoms with Crippen molar-refractivity contribution in [2.45, 2.75) is 0 Å². The summed E-state index contributed by atoms with van der Waals surface area (Å²) >= 11 is 0. The number of fused-ring (bicyclic) bond motifs is 8. The smallest absolute Gasteiger partial charge is 1.00 e. The molecule has 4 aromatic carbocycles. The Morgan fingerprint density at radius 3 is 0.762 bits per heavy atom. The van der Waals surface area contributed by atoms with Crippen molar-refractivity contribution in [1.82, 2.24) is 19.9 Å². The zero-order valence-corrected chi connectivity index (χ0v) is 34.4. The quantitative estimate of drug-likeness (QED) is 0.154. The van der Waals surface area contributed by atoms with Crippen LogP contribution in [0.5, 0.6) is 0 Å². The average Bonchev–Trinajstić information content (AvgIpc) is 4.09. The van der Waals surface area contributed by atoms with E-state index in [0.29, 0.717) is 44.3 Å². The predicted octanol–water partition coefficient (Wildman–Crippen LogP) is 4.96. The first-order chi connectivity index (χ1) is 29.1. The first-order valence-corrected chi connectivity index (χ1v) is 18.2. The maximum Gasteiger partial charge on any atom is 2.00 e. The van der Waals surface area contributed by atoms with Gasteiger partial charge in [0.2, 0.25) is 0 Å². The van der Waals surface area contributed by atoms with Crippen LogP contribution in [0.2, 0.25) is 0 Å². The van der Waals surface area contributed by atoms with Crippen molar-refractivity contribution in [2.24, 2.45) is 0 Å². The van der Waals surface area contributed by atoms with Gasteiger partial charge in [-0.2, -0.15) is 0 Å². The van der Waals surface area contributed by atoms with Gasteiger partial charge in [0.05, 0.1) is 64.7 Å². The van der Waals surface area contributed by atoms with Crippen LogP contribution in [-0.2, 0) is 16.8 Å². The first-order valence-electron chi connectivity index (χ1n) is 18.2. The summed E-state index contributed by atoms with van der Waals surface area (Å²) in [6.07, 6.45) is 6.61. The standard InChI is InChI=1S/C44H26N8O8.2ClH.Co/c53-49(54)37-13-5-1-9-25(37)41-29-17-19-31(45-29)42(26-10-2-6-14-38(26)50(55)56)33-21-23-35(47-33)44(28-12-4-8-16-40(28)52(59)60)36-24-22-34(48-36)43(32-20-18-30(41)46-32)27-11-3-7-15-39(27)51(57)58;;;/h1-24,45,48H;2*1H;/q;;;+2/p-2. The Labute approximate surface area is 377 Å². The Morgan fingerprint density at radius 2 is 0.556 bits per heavy atom. The number of para-hydroxylation sites is 4. The molecule has 1 radical (unpaired) electrons. The number of benzene rings is 4. The molecule has 313 valence electrons. The molecule has 8 bridgehead atoms. The zero-order chi connectivity index (χ0) is 41.7. The third-order valence-corrected chi connectivity index (χ3v) is 10.2. The molecule has 0 atom stereocenters. The van der Waals surface area contributed by atoms with E-state index in [1.54, 1.807) is 121 Å². The number of halogens is 2. The Kier molecular flexibility index (Phi) is 12.8. The molecule has 2 aliphatic rings. The number of rotatable bonds is 8. The molecule has 0 fully saturated rings. The molecule has 0 saturated carbocycles. The van der Waals surface area contributed by atoms with Crippen LogP contribution < -0.4 is 24.8 Å². The van der Waals surface area contributed by atoms with Gasteiger partial charge in [0.15, 0.2) is 0 Å². The Morgan fingerprint density at radius 1 is 0.349 bits per heavy atom. The van der Waals surface area contributed by atoms with Crippen molar-refractivity contribution in [3.8, 4) is 44.5 Å². The van der Waals surface area contributed by atoms with Crippen molar-refractivity contribution in [3.63, 3.8) is 0 Å². The van der Waals surface area contributed by atoms with Crippen molar-refractivity contribution in [1.29, 1.82) is 0 Å². The summed E-state index contributed by atoms with van der Waals surface area (Å²) in [6.45, 7) is 0. The second kappa shape index (κ2) is 18.0. The molecular weight excluding hydrogens is 898 g/mol. The molecule has 16 nitrogen and oxygen atoms in total. The van der Waals surface area contributed by atoms with Gasteiger partial charge >= 0.3 is 16.8 Å². The number of nitrogens with one attached hydrogen (secondary N) is 2. The molecule has 5 heterocycles. The van der Waals surface area contributed by atoms with E-state index in [-0.39, 0.29) is 109 Å². The topological polar surface area (TPSA) is 230 Å². The number of aromatic nitrogens is 4. The number of nitro benzene ring substituents is 4. The van der Waals surface area contributed by atoms with Gasteiger partial charge in [-0.05, 0) is 72.8 Å². The van der Waals surface area contributed by atoms with Crippen LogP contribution in [0.25, 0.3) is 90.9 Å². The molecule has 3 aromatic heterocycles. The first kappa shape index (κ1) is 44.7. The largest absolute Gasteiger partial charge is 2.00 e. The molecule has 63 heavy (non-hydrogen) atoms. The monoisotopic (exact) mass is 923 g/mol. The third kappa shape index (κ3) is 7.95. The van der Waals surface area contributed by atoms with E-state index >= 15 is 0 Å². The molecule has 9 rings (SSSR count). The predicted molar refractivity (Wildman–Crippen MR) is 227 cm³/mol. The number of H-pyrrole nitrogens is 2. The second-order valence-electron chi connectivity index (χ2n) is 13.6. The fourth-order valence-electron chi connectivity index (χ4n) is 7.72. The van der Waals surface area contributed by atoms with E-state index in [1.807, 2.05) is 0 Å². The molecule has 2 N–H and O–H groups in total. The van der Waals surface area contributed by atoms with Crippen molar-refractivity contribution in [3.05, 3.63) is 185 Å². The summed E-state index contributed by atoms with van der Waals surface area (Å²) in [5.41, 5.74) is 3.74. The summed E-state index contributed by atoms with van der Waals surface area (Å²) in [7, 11) is 0. The molecule has 2 aliphatic heterocycles. The van der Waals surface area contributed by atoms with Crippen LogP contribution in [0.15, 0.2) is 121 Å². The van der Waals surface area contributed by atoms with E-state index < -0.39 is 19.7 Å². The zero-order valence-electron chi connectivity index (χ0n) is 31.9. The SMILES string of the molecule is O=[N+]([O-])c1ccccc1-c1c2nc(c(-c3ccccc3[N+](=O)[O-])c3ccc([nH]3)c(-c3ccccc3[N+](=O)[O-])c3nc(c(-c4ccccc4[N+](=O)[O-])c4ccc1[nH]4)C=C3)C=C2.[Cl-].[Cl-].[Co+2]. The van der Waals surface area contributed by atoms with Crippen molar-refractivity contribution >= 4 is 69.1 Å². The number of hydrogen-bond donors (Lipinski definition) is 2. The van der Waals surface area contributed by atoms with Gasteiger partial charge < -0.3 is 34.8 Å². The maximum absolute atomic E-state index is 12.5. The number of nitrogens with zero attached hydrogens (tertiary/aromatic N) is 6. The molecule has 19 heteroatoms. The van der Waals surface area contributed by atoms with E-state index in [9.17, 15) is 40.5 Å². The molecule has 0 amide bonds. The Bertz CT molecular complexity index is 2860. The third-order valence-electron chi connectivity index (χ3n) is 10.2. The molecule has 0 spiro atoms. The van der Waals surface area contributed by atoms with E-state index in [4.69, 9.17) is 9.97 Å². The van der Waals surface area contributed by atoms with Gasteiger partial charge in [-0.15, -0.1) is 0 Å². The Balaban J connectivity index is 0.00000220. The molecule has 0 saturated heterocycles. The van der Waals surface area contributed by atoms with Crippen LogP contribution in [0.1, 0.15) is 22.8 Å². The minimum atomic E-state index is -0.508.